The van der Waals surface area contributed by atoms with E-state index in [2.05, 4.69) is 62.7 Å². The van der Waals surface area contributed by atoms with Gasteiger partial charge in [0.15, 0.2) is 0 Å². The van der Waals surface area contributed by atoms with Crippen LogP contribution in [0.1, 0.15) is 65.1 Å². The van der Waals surface area contributed by atoms with Gasteiger partial charge in [0, 0.05) is 78.2 Å². The van der Waals surface area contributed by atoms with Crippen LogP contribution >= 0.6 is 23.2 Å². The quantitative estimate of drug-likeness (QED) is 0.0909. The van der Waals surface area contributed by atoms with Crippen LogP contribution in [0, 0.1) is 34.6 Å². The lowest BCUT2D eigenvalue weighted by Crippen LogP contribution is -2.29. The number of nitrogens with one attached hydrogen (secondary N) is 1. The standard InChI is InChI=1S/C41H48Cl2N8O/c1-24-19-30(20-25(2)39(24)43)11-9-10-12-31-28(5)51(41-32(31)13-14-33(42)38(41)37-27(4)47-49(8)29(37)6)26(3)21-50(23-52)35-22-48(7)34-15-16-36(45-18-17-44)46-40(34)35/h13-20,22-23,26H,9-12,21,44H2,1-8H3,(H,45,46)/b18-17-/t26-/m1/s1. The Hall–Kier alpha value is -4.73. The maximum absolute atomic E-state index is 12.9. The number of benzene rings is 2. The third-order valence-corrected chi connectivity index (χ3v) is 11.3. The molecule has 0 saturated heterocycles. The predicted molar refractivity (Wildman–Crippen MR) is 217 cm³/mol. The number of carbonyl (C=O) groups excluding carboxylic acids is 1. The van der Waals surface area contributed by atoms with Crippen LogP contribution in [-0.4, -0.2) is 36.9 Å². The van der Waals surface area contributed by atoms with Crippen molar-refractivity contribution in [2.45, 2.75) is 73.3 Å². The van der Waals surface area contributed by atoms with Gasteiger partial charge in [-0.25, -0.2) is 4.98 Å². The molecule has 2 aromatic carbocycles. The van der Waals surface area contributed by atoms with Gasteiger partial charge in [0.05, 0.1) is 27.4 Å². The molecule has 6 rings (SSSR count). The Kier molecular flexibility index (Phi) is 10.7. The predicted octanol–water partition coefficient (Wildman–Crippen LogP) is 9.41. The van der Waals surface area contributed by atoms with E-state index in [1.807, 2.05) is 54.7 Å². The van der Waals surface area contributed by atoms with E-state index >= 15 is 0 Å². The highest BCUT2D eigenvalue weighted by molar-refractivity contribution is 6.35. The van der Waals surface area contributed by atoms with E-state index in [0.29, 0.717) is 17.4 Å². The van der Waals surface area contributed by atoms with Gasteiger partial charge in [-0.05, 0) is 108 Å². The molecular weight excluding hydrogens is 691 g/mol. The molecule has 0 saturated carbocycles. The molecule has 0 aliphatic carbocycles. The third-order valence-electron chi connectivity index (χ3n) is 10.4. The van der Waals surface area contributed by atoms with Crippen molar-refractivity contribution in [3.8, 4) is 11.1 Å². The molecule has 6 aromatic rings. The van der Waals surface area contributed by atoms with E-state index < -0.39 is 0 Å². The third kappa shape index (κ3) is 6.79. The van der Waals surface area contributed by atoms with Crippen LogP contribution in [0.4, 0.5) is 11.5 Å². The number of halogens is 2. The Balaban J connectivity index is 1.41. The lowest BCUT2D eigenvalue weighted by molar-refractivity contribution is -0.107. The zero-order chi connectivity index (χ0) is 37.4. The molecule has 52 heavy (non-hydrogen) atoms. The number of unbranched alkanes of at least 4 members (excludes halogenated alkanes) is 1. The Bertz CT molecular complexity index is 2310. The van der Waals surface area contributed by atoms with Crippen LogP contribution < -0.4 is 16.0 Å². The van der Waals surface area contributed by atoms with Crippen molar-refractivity contribution in [3.05, 3.63) is 104 Å². The summed E-state index contributed by atoms with van der Waals surface area (Å²) in [6.07, 6.45) is 9.89. The summed E-state index contributed by atoms with van der Waals surface area (Å²) in [6, 6.07) is 12.4. The first-order chi connectivity index (χ1) is 24.9. The molecule has 0 unspecified atom stereocenters. The Morgan fingerprint density at radius 1 is 0.962 bits per heavy atom. The van der Waals surface area contributed by atoms with E-state index in [4.69, 9.17) is 39.0 Å². The monoisotopic (exact) mass is 738 g/mol. The average molecular weight is 740 g/mol. The minimum Gasteiger partial charge on any atom is -0.403 e. The second-order valence-electron chi connectivity index (χ2n) is 14.0. The molecule has 0 aliphatic rings. The second kappa shape index (κ2) is 15.1. The van der Waals surface area contributed by atoms with Crippen LogP contribution in [-0.2, 0) is 31.7 Å². The summed E-state index contributed by atoms with van der Waals surface area (Å²) in [4.78, 5) is 19.5. The van der Waals surface area contributed by atoms with Crippen LogP contribution in [0.15, 0.2) is 55.0 Å². The molecule has 0 bridgehead atoms. The maximum atomic E-state index is 12.9. The maximum Gasteiger partial charge on any atom is 0.214 e. The first-order valence-electron chi connectivity index (χ1n) is 17.8. The molecule has 3 N–H and O–H groups in total. The topological polar surface area (TPSA) is 98.9 Å². The Labute approximate surface area is 316 Å². The number of amides is 1. The van der Waals surface area contributed by atoms with Crippen molar-refractivity contribution < 1.29 is 4.79 Å². The molecule has 11 heteroatoms. The molecule has 0 aliphatic heterocycles. The number of hydrogen-bond donors (Lipinski definition) is 2. The highest BCUT2D eigenvalue weighted by Crippen LogP contribution is 2.43. The molecule has 0 spiro atoms. The lowest BCUT2D eigenvalue weighted by Gasteiger charge is -2.25. The van der Waals surface area contributed by atoms with Crippen molar-refractivity contribution in [1.29, 1.82) is 0 Å². The molecule has 1 amide bonds. The zero-order valence-electron chi connectivity index (χ0n) is 31.3. The van der Waals surface area contributed by atoms with Crippen LogP contribution in [0.2, 0.25) is 10.0 Å². The number of aryl methyl sites for hydroxylation is 7. The van der Waals surface area contributed by atoms with Crippen LogP contribution in [0.5, 0.6) is 0 Å². The SMILES string of the molecule is Cc1cc(CCCCc2c(C)n([C@H](C)CN(C=O)c3cn(C)c4ccc(N/C=C\N)nc34)c3c(-c4c(C)nn(C)c4C)c(Cl)ccc23)cc(C)c1Cl. The van der Waals surface area contributed by atoms with Crippen molar-refractivity contribution in [2.24, 2.45) is 19.8 Å². The lowest BCUT2D eigenvalue weighted by atomic mass is 9.97. The van der Waals surface area contributed by atoms with Gasteiger partial charge in [-0.15, -0.1) is 0 Å². The Morgan fingerprint density at radius 2 is 1.67 bits per heavy atom. The largest absolute Gasteiger partial charge is 0.403 e. The molecule has 0 fully saturated rings. The molecular formula is C41H48Cl2N8O. The van der Waals surface area contributed by atoms with E-state index in [0.717, 1.165) is 93.0 Å². The molecule has 1 atom stereocenters. The first-order valence-corrected chi connectivity index (χ1v) is 18.5. The number of carbonyl (C=O) groups is 1. The normalized spacial score (nSPS) is 12.4. The summed E-state index contributed by atoms with van der Waals surface area (Å²) in [7, 11) is 3.93. The highest BCUT2D eigenvalue weighted by Gasteiger charge is 2.27. The van der Waals surface area contributed by atoms with Gasteiger partial charge in [-0.3, -0.25) is 9.48 Å². The summed E-state index contributed by atoms with van der Waals surface area (Å²) in [5.74, 6) is 0.639. The van der Waals surface area contributed by atoms with Crippen LogP contribution in [0.25, 0.3) is 33.1 Å². The second-order valence-corrected chi connectivity index (χ2v) is 14.8. The number of pyridine rings is 1. The van der Waals surface area contributed by atoms with Crippen molar-refractivity contribution in [1.82, 2.24) is 23.9 Å². The van der Waals surface area contributed by atoms with Gasteiger partial charge in [0.2, 0.25) is 6.41 Å². The average Bonchev–Trinajstić information content (AvgIpc) is 3.69. The molecule has 272 valence electrons. The summed E-state index contributed by atoms with van der Waals surface area (Å²) < 4.78 is 6.30. The van der Waals surface area contributed by atoms with Gasteiger partial charge in [0.1, 0.15) is 11.3 Å². The fourth-order valence-corrected chi connectivity index (χ4v) is 8.20. The number of rotatable bonds is 13. The fourth-order valence-electron chi connectivity index (χ4n) is 7.85. The highest BCUT2D eigenvalue weighted by atomic mass is 35.5. The first kappa shape index (κ1) is 37.0. The van der Waals surface area contributed by atoms with Gasteiger partial charge >= 0.3 is 0 Å². The zero-order valence-corrected chi connectivity index (χ0v) is 32.8. The molecule has 9 nitrogen and oxygen atoms in total. The van der Waals surface area contributed by atoms with E-state index in [1.165, 1.54) is 28.4 Å². The van der Waals surface area contributed by atoms with Gasteiger partial charge in [-0.1, -0.05) is 41.4 Å². The van der Waals surface area contributed by atoms with Crippen molar-refractivity contribution >= 4 is 63.1 Å². The van der Waals surface area contributed by atoms with Gasteiger partial charge in [0.25, 0.3) is 0 Å². The van der Waals surface area contributed by atoms with Crippen molar-refractivity contribution in [3.63, 3.8) is 0 Å². The van der Waals surface area contributed by atoms with Crippen molar-refractivity contribution in [2.75, 3.05) is 16.8 Å². The number of nitrogens with zero attached hydrogens (tertiary/aromatic N) is 6. The Morgan fingerprint density at radius 3 is 2.33 bits per heavy atom. The molecule has 0 radical (unpaired) electrons. The number of hydrogen-bond acceptors (Lipinski definition) is 5. The molecule has 4 heterocycles. The van der Waals surface area contributed by atoms with Crippen LogP contribution in [0.3, 0.4) is 0 Å². The van der Waals surface area contributed by atoms with Gasteiger partial charge in [-0.2, -0.15) is 5.10 Å². The summed E-state index contributed by atoms with van der Waals surface area (Å²) in [5, 5.41) is 10.6. The van der Waals surface area contributed by atoms with Gasteiger partial charge < -0.3 is 25.1 Å². The minimum absolute atomic E-state index is 0.118. The summed E-state index contributed by atoms with van der Waals surface area (Å²) in [6.45, 7) is 13.1. The number of anilines is 2. The van der Waals surface area contributed by atoms with E-state index in [-0.39, 0.29) is 6.04 Å². The van der Waals surface area contributed by atoms with E-state index in [9.17, 15) is 4.79 Å². The molecule has 4 aromatic heterocycles. The van der Waals surface area contributed by atoms with E-state index in [1.54, 1.807) is 11.1 Å². The summed E-state index contributed by atoms with van der Waals surface area (Å²) >= 11 is 13.6. The number of aromatic nitrogens is 5. The number of nitrogens with two attached hydrogens (primary N) is 1. The fraction of sp³-hybridized carbons (Fsp3) is 0.341. The summed E-state index contributed by atoms with van der Waals surface area (Å²) in [5.41, 5.74) is 19.0. The smallest absolute Gasteiger partial charge is 0.214 e. The minimum atomic E-state index is -0.118. The number of fused-ring (bicyclic) bond motifs is 2.